The SMILES string of the molecule is C=C(F)C1([C@H](C)C(=O)N2[C@H](C#N)C[C@@H]3C[C@@H]32)CCCC1.CN. The highest BCUT2D eigenvalue weighted by atomic mass is 19.1. The van der Waals surface area contributed by atoms with Crippen molar-refractivity contribution in [2.24, 2.45) is 23.0 Å². The third-order valence-electron chi connectivity index (χ3n) is 5.74. The van der Waals surface area contributed by atoms with Gasteiger partial charge in [-0.3, -0.25) is 4.79 Å². The van der Waals surface area contributed by atoms with Crippen LogP contribution in [0.4, 0.5) is 4.39 Å². The maximum Gasteiger partial charge on any atom is 0.227 e. The predicted octanol–water partition coefficient (Wildman–Crippen LogP) is 2.75. The molecule has 4 nitrogen and oxygen atoms in total. The lowest BCUT2D eigenvalue weighted by Gasteiger charge is -2.36. The summed E-state index contributed by atoms with van der Waals surface area (Å²) in [5.41, 5.74) is 3.81. The molecule has 0 radical (unpaired) electrons. The number of allylic oxidation sites excluding steroid dienone is 1. The highest BCUT2D eigenvalue weighted by molar-refractivity contribution is 5.81. The maximum atomic E-state index is 14.0. The van der Waals surface area contributed by atoms with Crippen LogP contribution in [0.15, 0.2) is 12.4 Å². The number of nitrogens with zero attached hydrogens (tertiary/aromatic N) is 2. The minimum Gasteiger partial charge on any atom is -0.333 e. The average molecular weight is 307 g/mol. The molecule has 4 atom stereocenters. The molecule has 1 heterocycles. The van der Waals surface area contributed by atoms with Crippen LogP contribution in [0.25, 0.3) is 0 Å². The lowest BCUT2D eigenvalue weighted by Crippen LogP contribution is -2.45. The Morgan fingerprint density at radius 1 is 1.41 bits per heavy atom. The summed E-state index contributed by atoms with van der Waals surface area (Å²) >= 11 is 0. The first-order valence-electron chi connectivity index (χ1n) is 8.15. The van der Waals surface area contributed by atoms with E-state index in [1.54, 1.807) is 4.90 Å². The van der Waals surface area contributed by atoms with Gasteiger partial charge in [0.05, 0.1) is 11.9 Å². The summed E-state index contributed by atoms with van der Waals surface area (Å²) in [7, 11) is 1.50. The fraction of sp³-hybridized carbons (Fsp3) is 0.765. The van der Waals surface area contributed by atoms with Gasteiger partial charge in [-0.2, -0.15) is 5.26 Å². The molecule has 3 aliphatic rings. The largest absolute Gasteiger partial charge is 0.333 e. The normalized spacial score (nSPS) is 32.3. The first kappa shape index (κ1) is 17.0. The standard InChI is InChI=1S/C16H21FN2O.CH5N/c1-10(16(11(2)17)5-3-4-6-16)15(20)19-13(9-18)7-12-8-14(12)19;1-2/h10,12-14H,2-8H2,1H3;2H2,1H3/t10-,12-,13+,14+;/m1./s1. The maximum absolute atomic E-state index is 14.0. The van der Waals surface area contributed by atoms with E-state index in [9.17, 15) is 14.4 Å². The second-order valence-corrected chi connectivity index (χ2v) is 6.68. The molecular weight excluding hydrogens is 281 g/mol. The van der Waals surface area contributed by atoms with Gasteiger partial charge < -0.3 is 10.6 Å². The zero-order valence-electron chi connectivity index (χ0n) is 13.5. The van der Waals surface area contributed by atoms with Crippen LogP contribution < -0.4 is 5.73 Å². The molecule has 1 saturated heterocycles. The second kappa shape index (κ2) is 6.37. The number of hydrogen-bond donors (Lipinski definition) is 1. The molecule has 3 fully saturated rings. The minimum atomic E-state index is -0.690. The van der Waals surface area contributed by atoms with Crippen molar-refractivity contribution in [2.45, 2.75) is 57.5 Å². The number of nitriles is 1. The lowest BCUT2D eigenvalue weighted by molar-refractivity contribution is -0.140. The minimum absolute atomic E-state index is 0.0396. The summed E-state index contributed by atoms with van der Waals surface area (Å²) in [6.45, 7) is 5.33. The molecule has 3 rings (SSSR count). The summed E-state index contributed by atoms with van der Waals surface area (Å²) in [5.74, 6) is -0.292. The van der Waals surface area contributed by atoms with E-state index >= 15 is 0 Å². The average Bonchev–Trinajstić information content (AvgIpc) is 2.98. The Kier molecular flexibility index (Phi) is 4.91. The molecule has 0 aromatic heterocycles. The number of hydrogen-bond acceptors (Lipinski definition) is 3. The van der Waals surface area contributed by atoms with Gasteiger partial charge in [0.1, 0.15) is 6.04 Å². The first-order chi connectivity index (χ1) is 10.5. The highest BCUT2D eigenvalue weighted by Crippen LogP contribution is 2.53. The Hall–Kier alpha value is -1.41. The Morgan fingerprint density at radius 3 is 2.50 bits per heavy atom. The fourth-order valence-corrected chi connectivity index (χ4v) is 4.29. The van der Waals surface area contributed by atoms with Gasteiger partial charge in [0.2, 0.25) is 5.91 Å². The number of nitrogens with two attached hydrogens (primary N) is 1. The molecular formula is C17H26FN3O. The number of rotatable bonds is 3. The van der Waals surface area contributed by atoms with Crippen LogP contribution in [0.2, 0.25) is 0 Å². The van der Waals surface area contributed by atoms with Crippen molar-refractivity contribution < 1.29 is 9.18 Å². The van der Waals surface area contributed by atoms with Crippen molar-refractivity contribution in [1.29, 1.82) is 5.26 Å². The van der Waals surface area contributed by atoms with E-state index in [1.807, 2.05) is 6.92 Å². The van der Waals surface area contributed by atoms with Crippen LogP contribution in [0.1, 0.15) is 45.4 Å². The number of fused-ring (bicyclic) bond motifs is 1. The van der Waals surface area contributed by atoms with E-state index in [0.29, 0.717) is 18.8 Å². The van der Waals surface area contributed by atoms with Crippen molar-refractivity contribution in [3.63, 3.8) is 0 Å². The molecule has 1 amide bonds. The predicted molar refractivity (Wildman–Crippen MR) is 83.2 cm³/mol. The summed E-state index contributed by atoms with van der Waals surface area (Å²) in [6.07, 6.45) is 5.12. The monoisotopic (exact) mass is 307 g/mol. The number of likely N-dealkylation sites (tertiary alicyclic amines) is 1. The van der Waals surface area contributed by atoms with E-state index in [4.69, 9.17) is 0 Å². The molecule has 22 heavy (non-hydrogen) atoms. The van der Waals surface area contributed by atoms with Crippen LogP contribution in [-0.2, 0) is 4.79 Å². The molecule has 5 heteroatoms. The van der Waals surface area contributed by atoms with Crippen LogP contribution in [0.3, 0.4) is 0 Å². The first-order valence-corrected chi connectivity index (χ1v) is 8.15. The van der Waals surface area contributed by atoms with Crippen LogP contribution in [-0.4, -0.2) is 29.9 Å². The summed E-state index contributed by atoms with van der Waals surface area (Å²) in [4.78, 5) is 14.6. The van der Waals surface area contributed by atoms with Crippen LogP contribution in [0.5, 0.6) is 0 Å². The van der Waals surface area contributed by atoms with Gasteiger partial charge in [-0.25, -0.2) is 4.39 Å². The molecule has 0 aromatic rings. The van der Waals surface area contributed by atoms with Gasteiger partial charge in [0, 0.05) is 17.4 Å². The van der Waals surface area contributed by atoms with E-state index in [0.717, 1.165) is 25.7 Å². The van der Waals surface area contributed by atoms with Crippen LogP contribution in [0, 0.1) is 28.6 Å². The van der Waals surface area contributed by atoms with Crippen molar-refractivity contribution >= 4 is 5.91 Å². The Balaban J connectivity index is 0.000000847. The number of amides is 1. The van der Waals surface area contributed by atoms with Crippen LogP contribution >= 0.6 is 0 Å². The highest BCUT2D eigenvalue weighted by Gasteiger charge is 2.57. The van der Waals surface area contributed by atoms with Crippen molar-refractivity contribution in [3.05, 3.63) is 12.4 Å². The van der Waals surface area contributed by atoms with E-state index in [-0.39, 0.29) is 23.8 Å². The van der Waals surface area contributed by atoms with Gasteiger partial charge in [-0.05, 0) is 38.6 Å². The molecule has 2 N–H and O–H groups in total. The Morgan fingerprint density at radius 2 is 2.00 bits per heavy atom. The van der Waals surface area contributed by atoms with Gasteiger partial charge >= 0.3 is 0 Å². The lowest BCUT2D eigenvalue weighted by atomic mass is 9.73. The number of halogens is 1. The Bertz CT molecular complexity index is 493. The topological polar surface area (TPSA) is 70.1 Å². The molecule has 1 aliphatic heterocycles. The quantitative estimate of drug-likeness (QED) is 0.871. The van der Waals surface area contributed by atoms with Gasteiger partial charge in [-0.1, -0.05) is 26.3 Å². The number of piperidine rings is 1. The molecule has 0 aromatic carbocycles. The van der Waals surface area contributed by atoms with Gasteiger partial charge in [0.15, 0.2) is 0 Å². The number of carbonyl (C=O) groups excluding carboxylic acids is 1. The molecule has 0 bridgehead atoms. The molecule has 2 aliphatic carbocycles. The van der Waals surface area contributed by atoms with Crippen molar-refractivity contribution in [2.75, 3.05) is 7.05 Å². The molecule has 0 unspecified atom stereocenters. The smallest absolute Gasteiger partial charge is 0.227 e. The molecule has 2 saturated carbocycles. The summed E-state index contributed by atoms with van der Waals surface area (Å²) < 4.78 is 14.0. The second-order valence-electron chi connectivity index (χ2n) is 6.68. The third kappa shape index (κ3) is 2.54. The van der Waals surface area contributed by atoms with E-state index < -0.39 is 11.3 Å². The Labute approximate surface area is 132 Å². The molecule has 122 valence electrons. The zero-order valence-corrected chi connectivity index (χ0v) is 13.5. The summed E-state index contributed by atoms with van der Waals surface area (Å²) in [6, 6.07) is 2.16. The van der Waals surface area contributed by atoms with E-state index in [2.05, 4.69) is 18.4 Å². The fourth-order valence-electron chi connectivity index (χ4n) is 4.29. The van der Waals surface area contributed by atoms with E-state index in [1.165, 1.54) is 7.05 Å². The molecule has 0 spiro atoms. The van der Waals surface area contributed by atoms with Crippen molar-refractivity contribution in [1.82, 2.24) is 4.90 Å². The summed E-state index contributed by atoms with van der Waals surface area (Å²) in [5, 5.41) is 9.21. The van der Waals surface area contributed by atoms with Gasteiger partial charge in [0.25, 0.3) is 0 Å². The van der Waals surface area contributed by atoms with Gasteiger partial charge in [-0.15, -0.1) is 0 Å². The number of carbonyl (C=O) groups is 1. The van der Waals surface area contributed by atoms with Crippen molar-refractivity contribution in [3.8, 4) is 6.07 Å². The third-order valence-corrected chi connectivity index (χ3v) is 5.74. The zero-order chi connectivity index (χ0) is 16.5.